The lowest BCUT2D eigenvalue weighted by atomic mass is 9.97. The number of ether oxygens (including phenoxy) is 5. The van der Waals surface area contributed by atoms with E-state index in [1.54, 1.807) is 41.5 Å². The molecule has 0 aliphatic rings. The molecular weight excluding hydrogens is 356 g/mol. The number of aliphatic hydroxyl groups is 1. The van der Waals surface area contributed by atoms with Crippen LogP contribution in [0.3, 0.4) is 0 Å². The van der Waals surface area contributed by atoms with Crippen molar-refractivity contribution in [3.8, 4) is 0 Å². The minimum absolute atomic E-state index is 0.0939. The maximum absolute atomic E-state index is 11.5. The molecule has 0 rings (SSSR count). The molecule has 8 heteroatoms. The molecule has 0 radical (unpaired) electrons. The first-order chi connectivity index (χ1) is 12.4. The maximum Gasteiger partial charge on any atom is 0.311 e. The SMILES string of the molecule is CC(C)(C)C(=O)OCCOCCOCC(O)COCCOC(=O)C(C)(C)C. The van der Waals surface area contributed by atoms with Crippen LogP contribution in [0.4, 0.5) is 0 Å². The van der Waals surface area contributed by atoms with Crippen molar-refractivity contribution in [3.05, 3.63) is 0 Å². The first kappa shape index (κ1) is 25.8. The lowest BCUT2D eigenvalue weighted by Crippen LogP contribution is -2.26. The molecule has 1 unspecified atom stereocenters. The molecule has 1 N–H and O–H groups in total. The summed E-state index contributed by atoms with van der Waals surface area (Å²) in [5.74, 6) is -0.554. The molecule has 1 atom stereocenters. The van der Waals surface area contributed by atoms with Gasteiger partial charge in [-0.15, -0.1) is 0 Å². The molecule has 0 amide bonds. The molecule has 160 valence electrons. The number of hydrogen-bond acceptors (Lipinski definition) is 8. The van der Waals surface area contributed by atoms with E-state index in [0.717, 1.165) is 0 Å². The Balaban J connectivity index is 3.46. The molecule has 0 bridgehead atoms. The summed E-state index contributed by atoms with van der Waals surface area (Å²) >= 11 is 0. The second-order valence-electron chi connectivity index (χ2n) is 8.19. The minimum Gasteiger partial charge on any atom is -0.463 e. The highest BCUT2D eigenvalue weighted by Crippen LogP contribution is 2.15. The van der Waals surface area contributed by atoms with Crippen LogP contribution >= 0.6 is 0 Å². The molecule has 8 nitrogen and oxygen atoms in total. The lowest BCUT2D eigenvalue weighted by molar-refractivity contribution is -0.155. The van der Waals surface area contributed by atoms with Crippen LogP contribution in [0.15, 0.2) is 0 Å². The number of rotatable bonds is 13. The Morgan fingerprint density at radius 2 is 1.00 bits per heavy atom. The standard InChI is InChI=1S/C19H36O8/c1-18(2,3)16(21)26-11-9-23-7-8-24-13-15(20)14-25-10-12-27-17(22)19(4,5)6/h15,20H,7-14H2,1-6H3. The second kappa shape index (κ2) is 13.0. The van der Waals surface area contributed by atoms with Crippen molar-refractivity contribution in [1.29, 1.82) is 0 Å². The smallest absolute Gasteiger partial charge is 0.311 e. The van der Waals surface area contributed by atoms with E-state index in [1.165, 1.54) is 0 Å². The van der Waals surface area contributed by atoms with Gasteiger partial charge in [0, 0.05) is 0 Å². The van der Waals surface area contributed by atoms with E-state index in [1.807, 2.05) is 0 Å². The van der Waals surface area contributed by atoms with Crippen LogP contribution in [0.25, 0.3) is 0 Å². The predicted octanol–water partition coefficient (Wildman–Crippen LogP) is 1.58. The van der Waals surface area contributed by atoms with Crippen molar-refractivity contribution in [2.75, 3.05) is 52.9 Å². The van der Waals surface area contributed by atoms with Crippen LogP contribution in [0.5, 0.6) is 0 Å². The molecule has 0 spiro atoms. The zero-order valence-corrected chi connectivity index (χ0v) is 17.5. The Hall–Kier alpha value is -1.22. The van der Waals surface area contributed by atoms with Gasteiger partial charge in [0.25, 0.3) is 0 Å². The fraction of sp³-hybridized carbons (Fsp3) is 0.895. The Labute approximate surface area is 162 Å². The summed E-state index contributed by atoms with van der Waals surface area (Å²) in [6.45, 7) is 12.4. The van der Waals surface area contributed by atoms with Gasteiger partial charge < -0.3 is 28.8 Å². The Morgan fingerprint density at radius 3 is 1.41 bits per heavy atom. The van der Waals surface area contributed by atoms with Crippen molar-refractivity contribution in [3.63, 3.8) is 0 Å². The van der Waals surface area contributed by atoms with Gasteiger partial charge in [-0.2, -0.15) is 0 Å². The monoisotopic (exact) mass is 392 g/mol. The first-order valence-corrected chi connectivity index (χ1v) is 9.20. The maximum atomic E-state index is 11.5. The van der Waals surface area contributed by atoms with Gasteiger partial charge in [0.2, 0.25) is 0 Å². The van der Waals surface area contributed by atoms with Gasteiger partial charge in [0.1, 0.15) is 19.3 Å². The van der Waals surface area contributed by atoms with Gasteiger partial charge in [-0.1, -0.05) is 0 Å². The van der Waals surface area contributed by atoms with E-state index in [4.69, 9.17) is 23.7 Å². The summed E-state index contributed by atoms with van der Waals surface area (Å²) < 4.78 is 25.9. The molecular formula is C19H36O8. The summed E-state index contributed by atoms with van der Waals surface area (Å²) in [5, 5.41) is 9.71. The number of esters is 2. The third kappa shape index (κ3) is 14.5. The zero-order valence-electron chi connectivity index (χ0n) is 17.5. The predicted molar refractivity (Wildman–Crippen MR) is 99.3 cm³/mol. The van der Waals surface area contributed by atoms with Crippen LogP contribution in [0, 0.1) is 10.8 Å². The molecule has 0 aromatic rings. The van der Waals surface area contributed by atoms with E-state index >= 15 is 0 Å². The van der Waals surface area contributed by atoms with E-state index in [2.05, 4.69) is 0 Å². The number of carbonyl (C=O) groups excluding carboxylic acids is 2. The largest absolute Gasteiger partial charge is 0.463 e. The van der Waals surface area contributed by atoms with Gasteiger partial charge >= 0.3 is 11.9 Å². The van der Waals surface area contributed by atoms with Crippen molar-refractivity contribution in [1.82, 2.24) is 0 Å². The van der Waals surface area contributed by atoms with Crippen LogP contribution in [-0.2, 0) is 33.3 Å². The first-order valence-electron chi connectivity index (χ1n) is 9.20. The van der Waals surface area contributed by atoms with Crippen molar-refractivity contribution < 1.29 is 38.4 Å². The highest BCUT2D eigenvalue weighted by molar-refractivity contribution is 5.75. The van der Waals surface area contributed by atoms with Gasteiger partial charge in [-0.05, 0) is 41.5 Å². The average molecular weight is 392 g/mol. The quantitative estimate of drug-likeness (QED) is 0.372. The fourth-order valence-corrected chi connectivity index (χ4v) is 1.53. The Bertz CT molecular complexity index is 422. The van der Waals surface area contributed by atoms with Crippen molar-refractivity contribution >= 4 is 11.9 Å². The molecule has 27 heavy (non-hydrogen) atoms. The Morgan fingerprint density at radius 1 is 0.667 bits per heavy atom. The highest BCUT2D eigenvalue weighted by Gasteiger charge is 2.23. The molecule has 0 aromatic heterocycles. The van der Waals surface area contributed by atoms with Gasteiger partial charge in [0.05, 0.1) is 50.5 Å². The highest BCUT2D eigenvalue weighted by atomic mass is 16.6. The third-order valence-corrected chi connectivity index (χ3v) is 3.14. The third-order valence-electron chi connectivity index (χ3n) is 3.14. The van der Waals surface area contributed by atoms with Crippen molar-refractivity contribution in [2.24, 2.45) is 10.8 Å². The van der Waals surface area contributed by atoms with Crippen LogP contribution in [0.1, 0.15) is 41.5 Å². The second-order valence-corrected chi connectivity index (χ2v) is 8.19. The minimum atomic E-state index is -0.768. The molecule has 0 aliphatic heterocycles. The lowest BCUT2D eigenvalue weighted by Gasteiger charge is -2.17. The van der Waals surface area contributed by atoms with Gasteiger partial charge in [-0.25, -0.2) is 0 Å². The summed E-state index contributed by atoms with van der Waals surface area (Å²) in [6.07, 6.45) is -0.768. The summed E-state index contributed by atoms with van der Waals surface area (Å²) in [6, 6.07) is 0. The molecule has 0 aromatic carbocycles. The van der Waals surface area contributed by atoms with Crippen molar-refractivity contribution in [2.45, 2.75) is 47.6 Å². The van der Waals surface area contributed by atoms with Crippen LogP contribution in [-0.4, -0.2) is 76.0 Å². The molecule has 0 aliphatic carbocycles. The van der Waals surface area contributed by atoms with E-state index in [-0.39, 0.29) is 45.0 Å². The Kier molecular flexibility index (Phi) is 12.5. The summed E-state index contributed by atoms with van der Waals surface area (Å²) in [4.78, 5) is 23.0. The van der Waals surface area contributed by atoms with E-state index in [0.29, 0.717) is 19.8 Å². The fourth-order valence-electron chi connectivity index (χ4n) is 1.53. The average Bonchev–Trinajstić information content (AvgIpc) is 2.54. The normalized spacial score (nSPS) is 13.3. The van der Waals surface area contributed by atoms with Gasteiger partial charge in [-0.3, -0.25) is 9.59 Å². The zero-order chi connectivity index (χ0) is 20.9. The molecule has 0 heterocycles. The molecule has 0 saturated heterocycles. The van der Waals surface area contributed by atoms with E-state index < -0.39 is 16.9 Å². The number of carbonyl (C=O) groups is 2. The van der Waals surface area contributed by atoms with Crippen LogP contribution < -0.4 is 0 Å². The van der Waals surface area contributed by atoms with Gasteiger partial charge in [0.15, 0.2) is 0 Å². The summed E-state index contributed by atoms with van der Waals surface area (Å²) in [7, 11) is 0. The topological polar surface area (TPSA) is 101 Å². The number of hydrogen-bond donors (Lipinski definition) is 1. The molecule has 0 fully saturated rings. The van der Waals surface area contributed by atoms with Crippen LogP contribution in [0.2, 0.25) is 0 Å². The summed E-state index contributed by atoms with van der Waals surface area (Å²) in [5.41, 5.74) is -1.06. The number of aliphatic hydroxyl groups excluding tert-OH is 1. The van der Waals surface area contributed by atoms with E-state index in [9.17, 15) is 14.7 Å². The molecule has 0 saturated carbocycles.